The van der Waals surface area contributed by atoms with Gasteiger partial charge >= 0.3 is 0 Å². The maximum absolute atomic E-state index is 11.8. The van der Waals surface area contributed by atoms with Crippen LogP contribution in [0.4, 0.5) is 0 Å². The van der Waals surface area contributed by atoms with Crippen molar-refractivity contribution in [2.75, 3.05) is 21.3 Å². The zero-order chi connectivity index (χ0) is 16.8. The Bertz CT molecular complexity index is 697. The Hall–Kier alpha value is -2.27. The summed E-state index contributed by atoms with van der Waals surface area (Å²) in [4.78, 5) is 17.1. The van der Waals surface area contributed by atoms with Crippen molar-refractivity contribution in [3.63, 3.8) is 0 Å². The molecule has 124 valence electrons. The van der Waals surface area contributed by atoms with Crippen molar-refractivity contribution in [1.29, 1.82) is 0 Å². The van der Waals surface area contributed by atoms with Crippen LogP contribution in [0.2, 0.25) is 0 Å². The third kappa shape index (κ3) is 4.36. The van der Waals surface area contributed by atoms with E-state index in [2.05, 4.69) is 22.9 Å². The number of rotatable bonds is 7. The van der Waals surface area contributed by atoms with E-state index in [9.17, 15) is 4.79 Å². The molecule has 2 rings (SSSR count). The third-order valence-corrected chi connectivity index (χ3v) is 4.04. The summed E-state index contributed by atoms with van der Waals surface area (Å²) in [5, 5.41) is 0. The SMILES string of the molecule is COc1ccccc1C[C@H](C)N(C)Cc1cc(=O)c(OC)c[nH]1. The highest BCUT2D eigenvalue weighted by Crippen LogP contribution is 2.20. The average Bonchev–Trinajstić information content (AvgIpc) is 2.55. The number of para-hydroxylation sites is 1. The third-order valence-electron chi connectivity index (χ3n) is 4.04. The summed E-state index contributed by atoms with van der Waals surface area (Å²) in [7, 11) is 5.23. The first-order chi connectivity index (χ1) is 11.0. The number of hydrogen-bond acceptors (Lipinski definition) is 4. The number of H-pyrrole nitrogens is 1. The highest BCUT2D eigenvalue weighted by Gasteiger charge is 2.14. The zero-order valence-corrected chi connectivity index (χ0v) is 14.1. The first-order valence-electron chi connectivity index (χ1n) is 7.63. The van der Waals surface area contributed by atoms with Crippen LogP contribution in [0.25, 0.3) is 0 Å². The molecule has 0 saturated heterocycles. The Kier molecular flexibility index (Phi) is 5.82. The second-order valence-corrected chi connectivity index (χ2v) is 5.67. The van der Waals surface area contributed by atoms with Gasteiger partial charge in [-0.15, -0.1) is 0 Å². The number of aromatic nitrogens is 1. The number of pyridine rings is 1. The minimum absolute atomic E-state index is 0.105. The lowest BCUT2D eigenvalue weighted by molar-refractivity contribution is 0.243. The lowest BCUT2D eigenvalue weighted by atomic mass is 10.0. The van der Waals surface area contributed by atoms with E-state index in [1.54, 1.807) is 19.4 Å². The molecule has 5 heteroatoms. The van der Waals surface area contributed by atoms with Gasteiger partial charge < -0.3 is 14.5 Å². The van der Waals surface area contributed by atoms with Crippen molar-refractivity contribution in [2.24, 2.45) is 0 Å². The summed E-state index contributed by atoms with van der Waals surface area (Å²) in [6.07, 6.45) is 2.48. The molecule has 0 aliphatic carbocycles. The molecule has 0 aliphatic heterocycles. The van der Waals surface area contributed by atoms with E-state index in [1.165, 1.54) is 12.7 Å². The topological polar surface area (TPSA) is 54.6 Å². The van der Waals surface area contributed by atoms with E-state index in [1.807, 2.05) is 25.2 Å². The zero-order valence-electron chi connectivity index (χ0n) is 14.1. The monoisotopic (exact) mass is 316 g/mol. The Morgan fingerprint density at radius 3 is 2.52 bits per heavy atom. The molecule has 0 fully saturated rings. The van der Waals surface area contributed by atoms with Crippen LogP contribution in [0.1, 0.15) is 18.2 Å². The maximum Gasteiger partial charge on any atom is 0.223 e. The van der Waals surface area contributed by atoms with Crippen molar-refractivity contribution in [3.05, 3.63) is 58.0 Å². The molecule has 0 unspecified atom stereocenters. The first kappa shape index (κ1) is 17.1. The van der Waals surface area contributed by atoms with Crippen molar-refractivity contribution in [1.82, 2.24) is 9.88 Å². The quantitative estimate of drug-likeness (QED) is 0.852. The van der Waals surface area contributed by atoms with Crippen LogP contribution in [-0.2, 0) is 13.0 Å². The smallest absolute Gasteiger partial charge is 0.223 e. The van der Waals surface area contributed by atoms with E-state index in [0.717, 1.165) is 17.9 Å². The second-order valence-electron chi connectivity index (χ2n) is 5.67. The number of nitrogens with one attached hydrogen (secondary N) is 1. The van der Waals surface area contributed by atoms with Crippen molar-refractivity contribution in [2.45, 2.75) is 25.9 Å². The van der Waals surface area contributed by atoms with Crippen molar-refractivity contribution < 1.29 is 9.47 Å². The van der Waals surface area contributed by atoms with Crippen LogP contribution in [-0.4, -0.2) is 37.2 Å². The second kappa shape index (κ2) is 7.83. The average molecular weight is 316 g/mol. The van der Waals surface area contributed by atoms with Crippen LogP contribution >= 0.6 is 0 Å². The van der Waals surface area contributed by atoms with E-state index >= 15 is 0 Å². The molecule has 0 bridgehead atoms. The summed E-state index contributed by atoms with van der Waals surface area (Å²) in [6, 6.07) is 9.94. The Balaban J connectivity index is 2.03. The molecule has 23 heavy (non-hydrogen) atoms. The van der Waals surface area contributed by atoms with Gasteiger partial charge in [-0.1, -0.05) is 18.2 Å². The molecule has 5 nitrogen and oxygen atoms in total. The molecule has 1 atom stereocenters. The van der Waals surface area contributed by atoms with E-state index < -0.39 is 0 Å². The normalized spacial score (nSPS) is 12.2. The van der Waals surface area contributed by atoms with Gasteiger partial charge in [-0.25, -0.2) is 0 Å². The highest BCUT2D eigenvalue weighted by molar-refractivity contribution is 5.33. The number of nitrogens with zero attached hydrogens (tertiary/aromatic N) is 1. The van der Waals surface area contributed by atoms with Crippen molar-refractivity contribution >= 4 is 0 Å². The molecule has 1 heterocycles. The number of likely N-dealkylation sites (N-methyl/N-ethyl adjacent to an activating group) is 1. The molecule has 1 N–H and O–H groups in total. The Morgan fingerprint density at radius 2 is 1.87 bits per heavy atom. The largest absolute Gasteiger partial charge is 0.496 e. The van der Waals surface area contributed by atoms with E-state index in [4.69, 9.17) is 9.47 Å². The molecule has 1 aromatic heterocycles. The molecular weight excluding hydrogens is 292 g/mol. The van der Waals surface area contributed by atoms with Gasteiger partial charge in [0.2, 0.25) is 5.43 Å². The number of benzene rings is 1. The number of ether oxygens (including phenoxy) is 2. The first-order valence-corrected chi connectivity index (χ1v) is 7.63. The van der Waals surface area contributed by atoms with Gasteiger partial charge in [0.05, 0.1) is 14.2 Å². The van der Waals surface area contributed by atoms with Crippen LogP contribution in [0.5, 0.6) is 11.5 Å². The summed E-state index contributed by atoms with van der Waals surface area (Å²) < 4.78 is 10.4. The number of methoxy groups -OCH3 is 2. The minimum atomic E-state index is -0.105. The van der Waals surface area contributed by atoms with Crippen molar-refractivity contribution in [3.8, 4) is 11.5 Å². The van der Waals surface area contributed by atoms with Crippen LogP contribution in [0.3, 0.4) is 0 Å². The Labute approximate surface area is 136 Å². The standard InChI is InChI=1S/C18H24N2O3/c1-13(9-14-7-5-6-8-17(14)22-3)20(2)12-15-10-16(21)18(23-4)11-19-15/h5-8,10-11,13H,9,12H2,1-4H3,(H,19,21)/t13-/m0/s1. The maximum atomic E-state index is 11.8. The van der Waals surface area contributed by atoms with Crippen LogP contribution in [0, 0.1) is 0 Å². The molecule has 0 aliphatic rings. The summed E-state index contributed by atoms with van der Waals surface area (Å²) in [6.45, 7) is 2.82. The van der Waals surface area contributed by atoms with Crippen LogP contribution in [0.15, 0.2) is 41.3 Å². The van der Waals surface area contributed by atoms with Gasteiger partial charge in [0.25, 0.3) is 0 Å². The fourth-order valence-corrected chi connectivity index (χ4v) is 2.52. The van der Waals surface area contributed by atoms with Crippen LogP contribution < -0.4 is 14.9 Å². The predicted octanol–water partition coefficient (Wildman–Crippen LogP) is 2.46. The number of aromatic amines is 1. The van der Waals surface area contributed by atoms with E-state index in [-0.39, 0.29) is 5.43 Å². The molecule has 0 saturated carbocycles. The summed E-state index contributed by atoms with van der Waals surface area (Å²) >= 11 is 0. The van der Waals surface area contributed by atoms with Gasteiger partial charge in [-0.05, 0) is 32.0 Å². The van der Waals surface area contributed by atoms with Gasteiger partial charge in [0.1, 0.15) is 5.75 Å². The predicted molar refractivity (Wildman–Crippen MR) is 91.2 cm³/mol. The number of hydrogen-bond donors (Lipinski definition) is 1. The molecule has 0 spiro atoms. The summed E-state index contributed by atoms with van der Waals surface area (Å²) in [5.74, 6) is 1.24. The summed E-state index contributed by atoms with van der Waals surface area (Å²) in [5.41, 5.74) is 1.94. The molecule has 2 aromatic rings. The molecular formula is C18H24N2O3. The fourth-order valence-electron chi connectivity index (χ4n) is 2.52. The lowest BCUT2D eigenvalue weighted by Gasteiger charge is -2.25. The molecule has 0 radical (unpaired) electrons. The Morgan fingerprint density at radius 1 is 1.17 bits per heavy atom. The fraction of sp³-hybridized carbons (Fsp3) is 0.389. The minimum Gasteiger partial charge on any atom is -0.496 e. The van der Waals surface area contributed by atoms with E-state index in [0.29, 0.717) is 18.3 Å². The molecule has 0 amide bonds. The highest BCUT2D eigenvalue weighted by atomic mass is 16.5. The molecule has 1 aromatic carbocycles. The van der Waals surface area contributed by atoms with Gasteiger partial charge in [0, 0.05) is 30.5 Å². The van der Waals surface area contributed by atoms with Gasteiger partial charge in [-0.2, -0.15) is 0 Å². The van der Waals surface area contributed by atoms with Gasteiger partial charge in [-0.3, -0.25) is 9.69 Å². The van der Waals surface area contributed by atoms with Gasteiger partial charge in [0.15, 0.2) is 5.75 Å². The lowest BCUT2D eigenvalue weighted by Crippen LogP contribution is -2.31.